The van der Waals surface area contributed by atoms with E-state index in [4.69, 9.17) is 4.52 Å². The maximum atomic E-state index is 12.2. The highest BCUT2D eigenvalue weighted by molar-refractivity contribution is 7.08. The first-order valence-corrected chi connectivity index (χ1v) is 7.88. The molecule has 118 valence electrons. The van der Waals surface area contributed by atoms with E-state index in [1.807, 2.05) is 13.8 Å². The monoisotopic (exact) mass is 329 g/mol. The second kappa shape index (κ2) is 6.66. The summed E-state index contributed by atoms with van der Waals surface area (Å²) in [6.07, 6.45) is 4.92. The summed E-state index contributed by atoms with van der Waals surface area (Å²) in [5.74, 6) is 0.747. The molecule has 0 saturated heterocycles. The highest BCUT2D eigenvalue weighted by atomic mass is 32.1. The lowest BCUT2D eigenvalue weighted by atomic mass is 10.0. The Morgan fingerprint density at radius 1 is 1.22 bits per heavy atom. The summed E-state index contributed by atoms with van der Waals surface area (Å²) in [7, 11) is 0. The molecule has 3 aromatic rings. The number of hydrogen-bond acceptors (Lipinski definition) is 7. The molecule has 0 fully saturated rings. The van der Waals surface area contributed by atoms with Crippen molar-refractivity contribution in [3.8, 4) is 11.4 Å². The molecule has 0 radical (unpaired) electrons. The molecule has 3 rings (SSSR count). The predicted molar refractivity (Wildman–Crippen MR) is 84.7 cm³/mol. The van der Waals surface area contributed by atoms with Crippen molar-refractivity contribution in [1.82, 2.24) is 24.8 Å². The summed E-state index contributed by atoms with van der Waals surface area (Å²) in [5, 5.41) is 6.91. The highest BCUT2D eigenvalue weighted by Crippen LogP contribution is 2.24. The van der Waals surface area contributed by atoms with Gasteiger partial charge in [-0.1, -0.05) is 19.0 Å². The lowest BCUT2D eigenvalue weighted by molar-refractivity contribution is 0.0918. The van der Waals surface area contributed by atoms with Gasteiger partial charge in [0.25, 0.3) is 5.91 Å². The molecular weight excluding hydrogens is 314 g/mol. The van der Waals surface area contributed by atoms with Crippen LogP contribution in [0.3, 0.4) is 0 Å². The maximum absolute atomic E-state index is 12.2. The van der Waals surface area contributed by atoms with Crippen LogP contribution < -0.4 is 5.32 Å². The van der Waals surface area contributed by atoms with Gasteiger partial charge < -0.3 is 9.84 Å². The van der Waals surface area contributed by atoms with Crippen LogP contribution in [0.1, 0.15) is 35.5 Å². The average Bonchev–Trinajstić information content (AvgIpc) is 3.24. The van der Waals surface area contributed by atoms with Gasteiger partial charge in [0, 0.05) is 24.2 Å². The zero-order valence-corrected chi connectivity index (χ0v) is 13.4. The fourth-order valence-electron chi connectivity index (χ4n) is 2.04. The number of nitrogens with zero attached hydrogens (tertiary/aromatic N) is 4. The molecule has 3 heterocycles. The van der Waals surface area contributed by atoms with Crippen LogP contribution in [-0.4, -0.2) is 25.4 Å². The first-order valence-electron chi connectivity index (χ1n) is 7.10. The van der Waals surface area contributed by atoms with Crippen LogP contribution in [0.2, 0.25) is 0 Å². The zero-order chi connectivity index (χ0) is 16.2. The molecule has 0 aliphatic carbocycles. The lowest BCUT2D eigenvalue weighted by Gasteiger charge is -2.17. The molecule has 7 nitrogen and oxygen atoms in total. The van der Waals surface area contributed by atoms with Gasteiger partial charge in [0.1, 0.15) is 10.9 Å². The first kappa shape index (κ1) is 15.3. The first-order chi connectivity index (χ1) is 11.1. The van der Waals surface area contributed by atoms with Gasteiger partial charge in [-0.05, 0) is 35.6 Å². The molecular formula is C15H15N5O2S. The highest BCUT2D eigenvalue weighted by Gasteiger charge is 2.25. The van der Waals surface area contributed by atoms with Gasteiger partial charge in [0.15, 0.2) is 0 Å². The van der Waals surface area contributed by atoms with Gasteiger partial charge >= 0.3 is 0 Å². The van der Waals surface area contributed by atoms with E-state index < -0.39 is 0 Å². The number of carbonyl (C=O) groups is 1. The minimum atomic E-state index is -0.368. The Hall–Kier alpha value is -2.61. The third kappa shape index (κ3) is 3.42. The fraction of sp³-hybridized carbons (Fsp3) is 0.267. The number of nitrogens with one attached hydrogen (secondary N) is 1. The van der Waals surface area contributed by atoms with Crippen molar-refractivity contribution in [1.29, 1.82) is 0 Å². The Balaban J connectivity index is 1.82. The Bertz CT molecular complexity index is 770. The number of aromatic nitrogens is 4. The number of amides is 1. The van der Waals surface area contributed by atoms with E-state index in [9.17, 15) is 4.79 Å². The molecule has 0 aliphatic heterocycles. The SMILES string of the molecule is CC(C)C(NC(=O)c1ccns1)c1nc(-c2ccncc2)no1. The van der Waals surface area contributed by atoms with Crippen LogP contribution in [0.15, 0.2) is 41.3 Å². The molecule has 1 amide bonds. The summed E-state index contributed by atoms with van der Waals surface area (Å²) >= 11 is 1.15. The zero-order valence-electron chi connectivity index (χ0n) is 12.6. The van der Waals surface area contributed by atoms with Crippen LogP contribution in [0.5, 0.6) is 0 Å². The summed E-state index contributed by atoms with van der Waals surface area (Å²) < 4.78 is 9.29. The molecule has 0 saturated carbocycles. The molecule has 1 N–H and O–H groups in total. The van der Waals surface area contributed by atoms with Gasteiger partial charge in [-0.15, -0.1) is 0 Å². The standard InChI is InChI=1S/C15H15N5O2S/c1-9(2)12(18-14(21)11-5-8-17-23-11)15-19-13(20-22-15)10-3-6-16-7-4-10/h3-9,12H,1-2H3,(H,18,21). The molecule has 8 heteroatoms. The van der Waals surface area contributed by atoms with Crippen LogP contribution in [0, 0.1) is 5.92 Å². The van der Waals surface area contributed by atoms with Crippen molar-refractivity contribution in [3.05, 3.63) is 47.6 Å². The third-order valence-corrected chi connectivity index (χ3v) is 4.01. The molecule has 1 unspecified atom stereocenters. The van der Waals surface area contributed by atoms with E-state index in [0.29, 0.717) is 16.6 Å². The Labute approximate surface area is 136 Å². The summed E-state index contributed by atoms with van der Waals surface area (Å²) in [5.41, 5.74) is 0.811. The Kier molecular flexibility index (Phi) is 4.42. The van der Waals surface area contributed by atoms with Crippen molar-refractivity contribution in [2.45, 2.75) is 19.9 Å². The van der Waals surface area contributed by atoms with E-state index in [1.54, 1.807) is 36.8 Å². The van der Waals surface area contributed by atoms with E-state index in [-0.39, 0.29) is 17.9 Å². The van der Waals surface area contributed by atoms with Crippen LogP contribution in [0.4, 0.5) is 0 Å². The van der Waals surface area contributed by atoms with Gasteiger partial charge in [-0.25, -0.2) is 4.37 Å². The van der Waals surface area contributed by atoms with E-state index >= 15 is 0 Å². The van der Waals surface area contributed by atoms with Gasteiger partial charge in [0.2, 0.25) is 11.7 Å². The Morgan fingerprint density at radius 2 is 2.00 bits per heavy atom. The van der Waals surface area contributed by atoms with Crippen molar-refractivity contribution >= 4 is 17.4 Å². The largest absolute Gasteiger partial charge is 0.339 e. The van der Waals surface area contributed by atoms with Crippen molar-refractivity contribution in [2.24, 2.45) is 5.92 Å². The molecule has 0 bridgehead atoms. The maximum Gasteiger partial charge on any atom is 0.263 e. The second-order valence-electron chi connectivity index (χ2n) is 5.26. The molecule has 1 atom stereocenters. The number of hydrogen-bond donors (Lipinski definition) is 1. The minimum Gasteiger partial charge on any atom is -0.339 e. The van der Waals surface area contributed by atoms with Crippen LogP contribution in [-0.2, 0) is 0 Å². The summed E-state index contributed by atoms with van der Waals surface area (Å²) in [4.78, 5) is 21.1. The third-order valence-electron chi connectivity index (χ3n) is 3.26. The topological polar surface area (TPSA) is 93.8 Å². The number of pyridine rings is 1. The molecule has 0 aromatic carbocycles. The van der Waals surface area contributed by atoms with E-state index in [1.165, 1.54) is 0 Å². The van der Waals surface area contributed by atoms with E-state index in [0.717, 1.165) is 17.1 Å². The van der Waals surface area contributed by atoms with E-state index in [2.05, 4.69) is 24.8 Å². The molecule has 0 spiro atoms. The average molecular weight is 329 g/mol. The summed E-state index contributed by atoms with van der Waals surface area (Å²) in [6, 6.07) is 4.91. The minimum absolute atomic E-state index is 0.0950. The number of carbonyl (C=O) groups excluding carboxylic acids is 1. The van der Waals surface area contributed by atoms with Gasteiger partial charge in [-0.2, -0.15) is 4.98 Å². The van der Waals surface area contributed by atoms with Gasteiger partial charge in [-0.3, -0.25) is 9.78 Å². The van der Waals surface area contributed by atoms with Crippen LogP contribution in [0.25, 0.3) is 11.4 Å². The lowest BCUT2D eigenvalue weighted by Crippen LogP contribution is -2.31. The van der Waals surface area contributed by atoms with Crippen LogP contribution >= 0.6 is 11.5 Å². The predicted octanol–water partition coefficient (Wildman–Crippen LogP) is 2.72. The summed E-state index contributed by atoms with van der Waals surface area (Å²) in [6.45, 7) is 3.96. The Morgan fingerprint density at radius 3 is 2.65 bits per heavy atom. The van der Waals surface area contributed by atoms with Gasteiger partial charge in [0.05, 0.1) is 0 Å². The fourth-order valence-corrected chi connectivity index (χ4v) is 2.54. The smallest absolute Gasteiger partial charge is 0.263 e. The van der Waals surface area contributed by atoms with Crippen molar-refractivity contribution in [3.63, 3.8) is 0 Å². The molecule has 0 aliphatic rings. The molecule has 23 heavy (non-hydrogen) atoms. The van der Waals surface area contributed by atoms with Crippen molar-refractivity contribution in [2.75, 3.05) is 0 Å². The molecule has 3 aromatic heterocycles. The second-order valence-corrected chi connectivity index (χ2v) is 6.10. The van der Waals surface area contributed by atoms with Crippen molar-refractivity contribution < 1.29 is 9.32 Å². The quantitative estimate of drug-likeness (QED) is 0.773. The normalized spacial score (nSPS) is 12.3. The number of rotatable bonds is 5.